The van der Waals surface area contributed by atoms with Gasteiger partial charge in [-0.2, -0.15) is 0 Å². The van der Waals surface area contributed by atoms with Crippen molar-refractivity contribution < 1.29 is 23.9 Å². The monoisotopic (exact) mass is 477 g/mol. The van der Waals surface area contributed by atoms with Crippen LogP contribution in [0.4, 0.5) is 0 Å². The van der Waals surface area contributed by atoms with E-state index in [1.807, 2.05) is 6.07 Å². The fourth-order valence-corrected chi connectivity index (χ4v) is 5.17. The fourth-order valence-electron chi connectivity index (χ4n) is 5.17. The van der Waals surface area contributed by atoms with Gasteiger partial charge in [-0.05, 0) is 43.5 Å². The maximum atomic E-state index is 13.0. The van der Waals surface area contributed by atoms with E-state index < -0.39 is 11.9 Å². The lowest BCUT2D eigenvalue weighted by molar-refractivity contribution is -0.136. The van der Waals surface area contributed by atoms with Crippen LogP contribution in [0.2, 0.25) is 0 Å². The first-order chi connectivity index (χ1) is 16.8. The first kappa shape index (κ1) is 23.5. The van der Waals surface area contributed by atoms with Crippen molar-refractivity contribution in [3.05, 3.63) is 64.7 Å². The number of ether oxygens (including phenoxy) is 2. The molecule has 3 aliphatic heterocycles. The van der Waals surface area contributed by atoms with Crippen LogP contribution in [-0.2, 0) is 33.0 Å². The van der Waals surface area contributed by atoms with Gasteiger partial charge in [-0.15, -0.1) is 0 Å². The molecule has 0 spiro atoms. The zero-order valence-corrected chi connectivity index (χ0v) is 20.2. The van der Waals surface area contributed by atoms with Crippen molar-refractivity contribution in [1.82, 2.24) is 15.1 Å². The van der Waals surface area contributed by atoms with E-state index in [4.69, 9.17) is 9.47 Å². The molecule has 3 amide bonds. The molecule has 3 heterocycles. The summed E-state index contributed by atoms with van der Waals surface area (Å²) in [6, 6.07) is 13.3. The molecule has 3 aliphatic rings. The van der Waals surface area contributed by atoms with Crippen molar-refractivity contribution in [1.29, 1.82) is 0 Å². The lowest BCUT2D eigenvalue weighted by atomic mass is 9.91. The average molecular weight is 478 g/mol. The highest BCUT2D eigenvalue weighted by molar-refractivity contribution is 6.05. The summed E-state index contributed by atoms with van der Waals surface area (Å²) in [5.74, 6) is -0.262. The predicted molar refractivity (Wildman–Crippen MR) is 129 cm³/mol. The van der Waals surface area contributed by atoms with Crippen molar-refractivity contribution in [3.63, 3.8) is 0 Å². The minimum absolute atomic E-state index is 0.0801. The molecule has 2 saturated heterocycles. The number of nitrogens with one attached hydrogen (secondary N) is 1. The van der Waals surface area contributed by atoms with E-state index in [9.17, 15) is 14.4 Å². The molecule has 5 rings (SSSR count). The first-order valence-electron chi connectivity index (χ1n) is 12.2. The zero-order chi connectivity index (χ0) is 24.6. The maximum absolute atomic E-state index is 13.0. The Morgan fingerprint density at radius 3 is 2.51 bits per heavy atom. The molecule has 0 aliphatic carbocycles. The van der Waals surface area contributed by atoms with Crippen molar-refractivity contribution >= 4 is 17.7 Å². The molecule has 0 bridgehead atoms. The smallest absolute Gasteiger partial charge is 0.255 e. The van der Waals surface area contributed by atoms with E-state index in [0.717, 1.165) is 37.4 Å². The number of carbonyl (C=O) groups is 3. The summed E-state index contributed by atoms with van der Waals surface area (Å²) in [7, 11) is 0. The molecule has 0 radical (unpaired) electrons. The third kappa shape index (κ3) is 4.56. The number of carbonyl (C=O) groups excluding carboxylic acids is 3. The number of imide groups is 1. The van der Waals surface area contributed by atoms with Gasteiger partial charge in [0.2, 0.25) is 11.8 Å². The Bertz CT molecular complexity index is 1140. The quantitative estimate of drug-likeness (QED) is 0.644. The maximum Gasteiger partial charge on any atom is 0.255 e. The Kier molecular flexibility index (Phi) is 6.34. The summed E-state index contributed by atoms with van der Waals surface area (Å²) in [5, 5.41) is 2.34. The average Bonchev–Trinajstić information content (AvgIpc) is 3.20. The molecular weight excluding hydrogens is 446 g/mol. The van der Waals surface area contributed by atoms with Crippen molar-refractivity contribution in [2.75, 3.05) is 26.3 Å². The highest BCUT2D eigenvalue weighted by Gasteiger charge is 2.40. The van der Waals surface area contributed by atoms with Crippen LogP contribution in [0, 0.1) is 0 Å². The minimum Gasteiger partial charge on any atom is -0.489 e. The number of fused-ring (bicyclic) bond motifs is 1. The largest absolute Gasteiger partial charge is 0.489 e. The molecule has 2 aromatic rings. The first-order valence-corrected chi connectivity index (χ1v) is 12.2. The number of hydrogen-bond donors (Lipinski definition) is 1. The molecule has 0 aromatic heterocycles. The summed E-state index contributed by atoms with van der Waals surface area (Å²) in [5.41, 5.74) is 3.54. The third-order valence-electron chi connectivity index (χ3n) is 7.40. The number of nitrogens with zero attached hydrogens (tertiary/aromatic N) is 2. The van der Waals surface area contributed by atoms with E-state index in [1.165, 1.54) is 5.56 Å². The number of piperidine rings is 1. The van der Waals surface area contributed by atoms with E-state index >= 15 is 0 Å². The number of benzene rings is 2. The standard InChI is InChI=1S/C27H31N3O5/c1-27(2,29-12-14-34-15-13-29)19-8-6-18(7-9-19)17-35-23-5-3-4-20-21(23)16-30(26(20)33)22-10-11-24(31)28-25(22)32/h3-9,22H,10-17H2,1-2H3,(H,28,31,32)/t22-/m0/s1. The summed E-state index contributed by atoms with van der Waals surface area (Å²) in [4.78, 5) is 40.8. The van der Waals surface area contributed by atoms with Gasteiger partial charge >= 0.3 is 0 Å². The Balaban J connectivity index is 1.26. The van der Waals surface area contributed by atoms with Crippen LogP contribution in [0.3, 0.4) is 0 Å². The molecule has 1 N–H and O–H groups in total. The van der Waals surface area contributed by atoms with E-state index in [0.29, 0.717) is 30.9 Å². The van der Waals surface area contributed by atoms with Gasteiger partial charge in [-0.1, -0.05) is 30.3 Å². The normalized spacial score (nSPS) is 21.1. The van der Waals surface area contributed by atoms with Crippen LogP contribution < -0.4 is 10.1 Å². The Morgan fingerprint density at radius 1 is 1.06 bits per heavy atom. The third-order valence-corrected chi connectivity index (χ3v) is 7.40. The van der Waals surface area contributed by atoms with Crippen molar-refractivity contribution in [2.45, 2.75) is 51.4 Å². The molecule has 0 unspecified atom stereocenters. The highest BCUT2D eigenvalue weighted by atomic mass is 16.5. The lowest BCUT2D eigenvalue weighted by Crippen LogP contribution is -2.52. The second-order valence-corrected chi connectivity index (χ2v) is 9.83. The molecule has 8 nitrogen and oxygen atoms in total. The lowest BCUT2D eigenvalue weighted by Gasteiger charge is -2.41. The fraction of sp³-hybridized carbons (Fsp3) is 0.444. The SMILES string of the molecule is CC(C)(c1ccc(COc2cccc3c2CN([C@H]2CCC(=O)NC2=O)C3=O)cc1)N1CCOCC1. The summed E-state index contributed by atoms with van der Waals surface area (Å²) in [6.07, 6.45) is 0.575. The van der Waals surface area contributed by atoms with Gasteiger partial charge in [0.1, 0.15) is 18.4 Å². The molecule has 0 saturated carbocycles. The van der Waals surface area contributed by atoms with Gasteiger partial charge in [0.15, 0.2) is 0 Å². The summed E-state index contributed by atoms with van der Waals surface area (Å²) < 4.78 is 11.6. The topological polar surface area (TPSA) is 88.2 Å². The van der Waals surface area contributed by atoms with Crippen LogP contribution >= 0.6 is 0 Å². The minimum atomic E-state index is -0.636. The highest BCUT2D eigenvalue weighted by Crippen LogP contribution is 2.34. The summed E-state index contributed by atoms with van der Waals surface area (Å²) in [6.45, 7) is 8.52. The van der Waals surface area contributed by atoms with E-state index in [2.05, 4.69) is 48.3 Å². The van der Waals surface area contributed by atoms with Crippen LogP contribution in [0.25, 0.3) is 0 Å². The predicted octanol–water partition coefficient (Wildman–Crippen LogP) is 2.59. The van der Waals surface area contributed by atoms with Gasteiger partial charge in [0.25, 0.3) is 5.91 Å². The zero-order valence-electron chi connectivity index (χ0n) is 20.2. The van der Waals surface area contributed by atoms with E-state index in [1.54, 1.807) is 17.0 Å². The second-order valence-electron chi connectivity index (χ2n) is 9.83. The Morgan fingerprint density at radius 2 is 1.80 bits per heavy atom. The Hall–Kier alpha value is -3.23. The molecular formula is C27H31N3O5. The van der Waals surface area contributed by atoms with Crippen molar-refractivity contribution in [2.24, 2.45) is 0 Å². The second kappa shape index (κ2) is 9.43. The molecule has 184 valence electrons. The number of morpholine rings is 1. The Labute approximate surface area is 205 Å². The van der Waals surface area contributed by atoms with Crippen LogP contribution in [0.1, 0.15) is 53.7 Å². The molecule has 2 aromatic carbocycles. The van der Waals surface area contributed by atoms with Gasteiger partial charge in [0, 0.05) is 36.2 Å². The van der Waals surface area contributed by atoms with Gasteiger partial charge in [-0.25, -0.2) is 0 Å². The van der Waals surface area contributed by atoms with Crippen molar-refractivity contribution in [3.8, 4) is 5.75 Å². The van der Waals surface area contributed by atoms with Crippen LogP contribution in [0.5, 0.6) is 5.75 Å². The molecule has 8 heteroatoms. The van der Waals surface area contributed by atoms with E-state index in [-0.39, 0.29) is 23.8 Å². The van der Waals surface area contributed by atoms with Crippen LogP contribution in [0.15, 0.2) is 42.5 Å². The van der Waals surface area contributed by atoms with Gasteiger partial charge in [-0.3, -0.25) is 24.6 Å². The number of rotatable bonds is 6. The summed E-state index contributed by atoms with van der Waals surface area (Å²) >= 11 is 0. The van der Waals surface area contributed by atoms with Gasteiger partial charge in [0.05, 0.1) is 19.8 Å². The van der Waals surface area contributed by atoms with Crippen LogP contribution in [-0.4, -0.2) is 59.9 Å². The molecule has 35 heavy (non-hydrogen) atoms. The molecule has 2 fully saturated rings. The number of amides is 3. The number of hydrogen-bond acceptors (Lipinski definition) is 6. The molecule has 1 atom stereocenters. The van der Waals surface area contributed by atoms with Gasteiger partial charge < -0.3 is 14.4 Å².